The molecule has 2 aliphatic heterocycles. The molecule has 0 radical (unpaired) electrons. The van der Waals surface area contributed by atoms with Gasteiger partial charge in [-0.3, -0.25) is 0 Å². The van der Waals surface area contributed by atoms with Gasteiger partial charge in [-0.1, -0.05) is 135 Å². The van der Waals surface area contributed by atoms with Crippen molar-refractivity contribution in [2.75, 3.05) is 9.80 Å². The van der Waals surface area contributed by atoms with Crippen LogP contribution in [0.1, 0.15) is 30.5 Å². The lowest BCUT2D eigenvalue weighted by atomic mass is 9.72. The molecule has 0 saturated carbocycles. The van der Waals surface area contributed by atoms with Gasteiger partial charge in [-0.2, -0.15) is 0 Å². The van der Waals surface area contributed by atoms with Crippen molar-refractivity contribution >= 4 is 44.9 Å². The lowest BCUT2D eigenvalue weighted by molar-refractivity contribution is 0.471. The Morgan fingerprint density at radius 3 is 1.85 bits per heavy atom. The fourth-order valence-corrected chi connectivity index (χ4v) is 8.44. The topological polar surface area (TPSA) is 15.7 Å². The van der Waals surface area contributed by atoms with Crippen molar-refractivity contribution in [1.82, 2.24) is 0 Å². The van der Waals surface area contributed by atoms with Crippen molar-refractivity contribution in [3.8, 4) is 33.8 Å². The molecule has 0 fully saturated rings. The van der Waals surface area contributed by atoms with Gasteiger partial charge in [0.2, 0.25) is 0 Å². The van der Waals surface area contributed by atoms with Gasteiger partial charge in [-0.15, -0.1) is 0 Å². The smallest absolute Gasteiger partial charge is 0.151 e. The highest BCUT2D eigenvalue weighted by Gasteiger charge is 2.42. The third-order valence-electron chi connectivity index (χ3n) is 11.2. The monoisotopic (exact) mass is 682 g/mol. The van der Waals surface area contributed by atoms with Crippen LogP contribution in [-0.4, -0.2) is 0 Å². The number of hydrogen-bond acceptors (Lipinski definition) is 3. The van der Waals surface area contributed by atoms with Crippen LogP contribution in [0.25, 0.3) is 33.0 Å². The highest BCUT2D eigenvalue weighted by atomic mass is 16.5. The zero-order chi connectivity index (χ0) is 35.7. The van der Waals surface area contributed by atoms with E-state index in [9.17, 15) is 0 Å². The average molecular weight is 683 g/mol. The Labute approximate surface area is 311 Å². The fraction of sp³-hybridized carbons (Fsp3) is 0.0800. The van der Waals surface area contributed by atoms with Crippen LogP contribution in [-0.2, 0) is 5.41 Å². The lowest BCUT2D eigenvalue weighted by Gasteiger charge is -2.46. The summed E-state index contributed by atoms with van der Waals surface area (Å²) in [5, 5.41) is 2.42. The third kappa shape index (κ3) is 4.96. The summed E-state index contributed by atoms with van der Waals surface area (Å²) in [6.45, 7) is 6.93. The van der Waals surface area contributed by atoms with E-state index in [1.165, 1.54) is 49.8 Å². The minimum Gasteiger partial charge on any atom is -0.453 e. The number of nitrogens with zero attached hydrogens (tertiary/aromatic N) is 2. The van der Waals surface area contributed by atoms with Crippen LogP contribution < -0.4 is 14.5 Å². The maximum Gasteiger partial charge on any atom is 0.151 e. The largest absolute Gasteiger partial charge is 0.453 e. The molecule has 3 heteroatoms. The van der Waals surface area contributed by atoms with Gasteiger partial charge in [0, 0.05) is 22.4 Å². The molecule has 0 spiro atoms. The second-order valence-corrected chi connectivity index (χ2v) is 14.6. The van der Waals surface area contributed by atoms with E-state index in [2.05, 4.69) is 206 Å². The predicted octanol–water partition coefficient (Wildman–Crippen LogP) is 14.2. The van der Waals surface area contributed by atoms with Crippen LogP contribution in [0.4, 0.5) is 34.1 Å². The SMILES string of the molecule is Cc1c(N(c2ccc(-c3ccccc3)cc2)c2ccc3ccccc3c2)ccc2c1N1c3ccc(-c4ccccc4)cc3C(C)(C)c3cccc(c31)O2. The van der Waals surface area contributed by atoms with Gasteiger partial charge in [-0.25, -0.2) is 0 Å². The zero-order valence-corrected chi connectivity index (χ0v) is 30.0. The first-order valence-electron chi connectivity index (χ1n) is 18.4. The van der Waals surface area contributed by atoms with E-state index >= 15 is 0 Å². The van der Waals surface area contributed by atoms with Gasteiger partial charge in [0.25, 0.3) is 0 Å². The summed E-state index contributed by atoms with van der Waals surface area (Å²) in [5.41, 5.74) is 14.9. The van der Waals surface area contributed by atoms with Crippen molar-refractivity contribution in [1.29, 1.82) is 0 Å². The molecule has 0 saturated heterocycles. The quantitative estimate of drug-likeness (QED) is 0.180. The number of para-hydroxylation sites is 1. The summed E-state index contributed by atoms with van der Waals surface area (Å²) in [6, 6.07) is 63.4. The molecule has 0 atom stereocenters. The van der Waals surface area contributed by atoms with Gasteiger partial charge < -0.3 is 14.5 Å². The molecule has 3 nitrogen and oxygen atoms in total. The van der Waals surface area contributed by atoms with Crippen LogP contribution in [0.15, 0.2) is 176 Å². The number of rotatable bonds is 5. The summed E-state index contributed by atoms with van der Waals surface area (Å²) < 4.78 is 6.81. The van der Waals surface area contributed by atoms with Crippen LogP contribution in [0.2, 0.25) is 0 Å². The molecule has 8 aromatic rings. The number of anilines is 6. The molecule has 2 heterocycles. The molecule has 2 aliphatic rings. The van der Waals surface area contributed by atoms with E-state index in [-0.39, 0.29) is 5.41 Å². The molecule has 0 bridgehead atoms. The molecule has 254 valence electrons. The molecular weight excluding hydrogens is 645 g/mol. The Morgan fingerprint density at radius 2 is 1.09 bits per heavy atom. The maximum atomic E-state index is 6.81. The molecular formula is C50H38N2O. The van der Waals surface area contributed by atoms with E-state index in [1.807, 2.05) is 0 Å². The molecule has 8 aromatic carbocycles. The summed E-state index contributed by atoms with van der Waals surface area (Å²) in [4.78, 5) is 4.86. The van der Waals surface area contributed by atoms with Gasteiger partial charge in [0.1, 0.15) is 0 Å². The highest BCUT2D eigenvalue weighted by Crippen LogP contribution is 2.62. The summed E-state index contributed by atoms with van der Waals surface area (Å²) >= 11 is 0. The van der Waals surface area contributed by atoms with Crippen LogP contribution >= 0.6 is 0 Å². The second kappa shape index (κ2) is 12.0. The minimum atomic E-state index is -0.244. The van der Waals surface area contributed by atoms with Crippen molar-refractivity contribution in [3.63, 3.8) is 0 Å². The van der Waals surface area contributed by atoms with E-state index in [4.69, 9.17) is 4.74 Å². The van der Waals surface area contributed by atoms with Gasteiger partial charge in [0.15, 0.2) is 11.5 Å². The van der Waals surface area contributed by atoms with Gasteiger partial charge in [-0.05, 0) is 106 Å². The Bertz CT molecular complexity index is 2680. The van der Waals surface area contributed by atoms with Crippen LogP contribution in [0.3, 0.4) is 0 Å². The van der Waals surface area contributed by atoms with Gasteiger partial charge in [0.05, 0.1) is 22.7 Å². The summed E-state index contributed by atoms with van der Waals surface area (Å²) in [5.74, 6) is 1.74. The normalized spacial score (nSPS) is 13.5. The molecule has 0 amide bonds. The number of hydrogen-bond donors (Lipinski definition) is 0. The summed E-state index contributed by atoms with van der Waals surface area (Å²) in [7, 11) is 0. The Balaban J connectivity index is 1.18. The molecule has 0 aromatic heterocycles. The van der Waals surface area contributed by atoms with Crippen molar-refractivity contribution in [3.05, 3.63) is 193 Å². The standard InChI is InChI=1S/C50H38N2O/c1-33-44(51(41-27-23-36-17-10-11-18-38(36)31-41)40-25-21-37(22-26-40)34-13-6-4-7-14-34)29-30-47-48(33)52-45-28-24-39(35-15-8-5-9-16-35)32-43(45)50(2,3)42-19-12-20-46(53-47)49(42)52/h4-32H,1-3H3. The Morgan fingerprint density at radius 1 is 0.472 bits per heavy atom. The summed E-state index contributed by atoms with van der Waals surface area (Å²) in [6.07, 6.45) is 0. The predicted molar refractivity (Wildman–Crippen MR) is 221 cm³/mol. The van der Waals surface area contributed by atoms with Crippen LogP contribution in [0, 0.1) is 6.92 Å². The number of fused-ring (bicyclic) bond motifs is 5. The van der Waals surface area contributed by atoms with Gasteiger partial charge >= 0.3 is 0 Å². The lowest BCUT2D eigenvalue weighted by Crippen LogP contribution is -2.32. The highest BCUT2D eigenvalue weighted by molar-refractivity contribution is 5.98. The van der Waals surface area contributed by atoms with E-state index in [0.717, 1.165) is 45.5 Å². The Kier molecular flexibility index (Phi) is 7.06. The molecule has 0 unspecified atom stereocenters. The Hall–Kier alpha value is -6.58. The van der Waals surface area contributed by atoms with Crippen molar-refractivity contribution < 1.29 is 4.74 Å². The average Bonchev–Trinajstić information content (AvgIpc) is 3.21. The second-order valence-electron chi connectivity index (χ2n) is 14.6. The number of ether oxygens (including phenoxy) is 1. The first kappa shape index (κ1) is 31.2. The molecule has 10 rings (SSSR count). The first-order valence-corrected chi connectivity index (χ1v) is 18.4. The minimum absolute atomic E-state index is 0.244. The maximum absolute atomic E-state index is 6.81. The third-order valence-corrected chi connectivity index (χ3v) is 11.2. The van der Waals surface area contributed by atoms with E-state index in [0.29, 0.717) is 0 Å². The zero-order valence-electron chi connectivity index (χ0n) is 30.0. The van der Waals surface area contributed by atoms with E-state index < -0.39 is 0 Å². The van der Waals surface area contributed by atoms with Crippen molar-refractivity contribution in [2.45, 2.75) is 26.2 Å². The van der Waals surface area contributed by atoms with Crippen LogP contribution in [0.5, 0.6) is 11.5 Å². The van der Waals surface area contributed by atoms with E-state index in [1.54, 1.807) is 0 Å². The first-order chi connectivity index (χ1) is 26.0. The molecule has 53 heavy (non-hydrogen) atoms. The van der Waals surface area contributed by atoms with Crippen molar-refractivity contribution in [2.24, 2.45) is 0 Å². The fourth-order valence-electron chi connectivity index (χ4n) is 8.44. The molecule has 0 N–H and O–H groups in total. The number of benzene rings is 8. The molecule has 0 aliphatic carbocycles.